The third kappa shape index (κ3) is 7.88. The number of ether oxygens (including phenoxy) is 3. The topological polar surface area (TPSA) is 144 Å². The minimum atomic E-state index is -0.739. The number of fused-ring (bicyclic) bond motifs is 1. The Morgan fingerprint density at radius 1 is 1.02 bits per heavy atom. The molecule has 11 heteroatoms. The highest BCUT2D eigenvalue weighted by molar-refractivity contribution is 5.95. The van der Waals surface area contributed by atoms with Crippen molar-refractivity contribution in [2.45, 2.75) is 31.3 Å². The Bertz CT molecular complexity index is 1340. The number of hydrogen-bond donors (Lipinski definition) is 3. The van der Waals surface area contributed by atoms with E-state index in [4.69, 9.17) is 19.3 Å². The number of carbonyl (C=O) groups is 4. The lowest BCUT2D eigenvalue weighted by Crippen LogP contribution is -2.43. The molecule has 0 unspecified atom stereocenters. The summed E-state index contributed by atoms with van der Waals surface area (Å²) in [5.74, 6) is -1.38. The van der Waals surface area contributed by atoms with Gasteiger partial charge in [0.05, 0.1) is 12.2 Å². The first-order chi connectivity index (χ1) is 19.7. The third-order valence-electron chi connectivity index (χ3n) is 6.59. The van der Waals surface area contributed by atoms with Gasteiger partial charge in [-0.05, 0) is 47.5 Å². The van der Waals surface area contributed by atoms with Gasteiger partial charge in [0.2, 0.25) is 11.8 Å². The molecule has 4 rings (SSSR count). The van der Waals surface area contributed by atoms with Crippen LogP contribution in [0.15, 0.2) is 66.3 Å². The Balaban J connectivity index is 1.37. The zero-order chi connectivity index (χ0) is 29.4. The van der Waals surface area contributed by atoms with Crippen LogP contribution in [0.2, 0.25) is 0 Å². The molecule has 2 aromatic rings. The van der Waals surface area contributed by atoms with Gasteiger partial charge in [0.15, 0.2) is 0 Å². The van der Waals surface area contributed by atoms with Gasteiger partial charge in [-0.3, -0.25) is 14.4 Å². The Morgan fingerprint density at radius 3 is 2.54 bits per heavy atom. The van der Waals surface area contributed by atoms with Crippen molar-refractivity contribution in [2.24, 2.45) is 0 Å². The molecule has 41 heavy (non-hydrogen) atoms. The van der Waals surface area contributed by atoms with Gasteiger partial charge < -0.3 is 34.9 Å². The molecule has 2 aliphatic rings. The van der Waals surface area contributed by atoms with E-state index in [0.717, 1.165) is 11.1 Å². The molecule has 11 nitrogen and oxygen atoms in total. The van der Waals surface area contributed by atoms with Crippen LogP contribution in [0.1, 0.15) is 38.3 Å². The van der Waals surface area contributed by atoms with Crippen LogP contribution in [0.3, 0.4) is 0 Å². The normalized spacial score (nSPS) is 19.7. The van der Waals surface area contributed by atoms with E-state index in [9.17, 15) is 19.2 Å². The number of esters is 1. The van der Waals surface area contributed by atoms with Crippen molar-refractivity contribution in [1.29, 1.82) is 0 Å². The van der Waals surface area contributed by atoms with E-state index in [1.165, 1.54) is 11.0 Å². The lowest BCUT2D eigenvalue weighted by molar-refractivity contribution is -0.123. The van der Waals surface area contributed by atoms with Gasteiger partial charge in [-0.25, -0.2) is 4.79 Å². The third-order valence-corrected chi connectivity index (χ3v) is 6.59. The number of carbonyl (C=O) groups excluding carboxylic acids is 4. The number of nitrogens with zero attached hydrogens (tertiary/aromatic N) is 1. The van der Waals surface area contributed by atoms with E-state index in [1.54, 1.807) is 74.8 Å². The van der Waals surface area contributed by atoms with Gasteiger partial charge in [-0.1, -0.05) is 24.3 Å². The second kappa shape index (κ2) is 13.8. The first kappa shape index (κ1) is 29.7. The highest BCUT2D eigenvalue weighted by atomic mass is 16.7. The molecule has 3 atom stereocenters. The molecule has 3 N–H and O–H groups in total. The van der Waals surface area contributed by atoms with Crippen LogP contribution >= 0.6 is 0 Å². The highest BCUT2D eigenvalue weighted by Crippen LogP contribution is 2.31. The summed E-state index contributed by atoms with van der Waals surface area (Å²) in [6.07, 6.45) is 3.11. The summed E-state index contributed by atoms with van der Waals surface area (Å²) >= 11 is 0. The van der Waals surface area contributed by atoms with Crippen LogP contribution in [0.5, 0.6) is 0 Å². The van der Waals surface area contributed by atoms with Crippen LogP contribution in [0, 0.1) is 0 Å². The molecular formula is C30H33N3O8. The largest absolute Gasteiger partial charge is 0.456 e. The zero-order valence-corrected chi connectivity index (χ0v) is 22.9. The zero-order valence-electron chi connectivity index (χ0n) is 22.9. The van der Waals surface area contributed by atoms with Crippen molar-refractivity contribution in [2.75, 3.05) is 34.0 Å². The smallest absolute Gasteiger partial charge is 0.338 e. The average Bonchev–Trinajstić information content (AvgIpc) is 3.47. The van der Waals surface area contributed by atoms with Gasteiger partial charge in [0.25, 0.3) is 5.91 Å². The molecule has 2 aromatic carbocycles. The number of amides is 3. The fourth-order valence-electron chi connectivity index (χ4n) is 4.37. The average molecular weight is 564 g/mol. The van der Waals surface area contributed by atoms with E-state index >= 15 is 0 Å². The molecule has 1 saturated heterocycles. The Morgan fingerprint density at radius 2 is 1.80 bits per heavy atom. The number of benzene rings is 2. The monoisotopic (exact) mass is 563 g/mol. The van der Waals surface area contributed by atoms with Crippen LogP contribution in [0.25, 0.3) is 6.08 Å². The minimum Gasteiger partial charge on any atom is -0.456 e. The Labute approximate surface area is 237 Å². The van der Waals surface area contributed by atoms with E-state index in [2.05, 4.69) is 10.6 Å². The van der Waals surface area contributed by atoms with Gasteiger partial charge in [-0.2, -0.15) is 0 Å². The van der Waals surface area contributed by atoms with Crippen LogP contribution in [-0.4, -0.2) is 86.0 Å². The number of aliphatic hydroxyl groups is 1. The predicted octanol–water partition coefficient (Wildman–Crippen LogP) is 1.42. The molecule has 1 heterocycles. The van der Waals surface area contributed by atoms with Crippen LogP contribution in [0.4, 0.5) is 0 Å². The molecule has 1 aliphatic heterocycles. The SMILES string of the molecule is CN(C)C(=O)C=Cc1ccc(C(=O)O[C@@H]2CC(C(=O)NCc3cccc(C(=O)NCCO)c3)=C[C@H]3OCO[C@H]32)cc1. The molecule has 1 fully saturated rings. The summed E-state index contributed by atoms with van der Waals surface area (Å²) < 4.78 is 17.0. The van der Waals surface area contributed by atoms with Crippen LogP contribution in [-0.2, 0) is 30.3 Å². The van der Waals surface area contributed by atoms with E-state index in [-0.39, 0.29) is 50.6 Å². The first-order valence-corrected chi connectivity index (χ1v) is 13.2. The maximum Gasteiger partial charge on any atom is 0.338 e. The minimum absolute atomic E-state index is 0.0205. The number of nitrogens with one attached hydrogen (secondary N) is 2. The fourth-order valence-corrected chi connectivity index (χ4v) is 4.37. The van der Waals surface area contributed by atoms with E-state index in [1.807, 2.05) is 0 Å². The lowest BCUT2D eigenvalue weighted by atomic mass is 9.91. The van der Waals surface area contributed by atoms with Crippen molar-refractivity contribution < 1.29 is 38.5 Å². The van der Waals surface area contributed by atoms with Gasteiger partial charge in [-0.15, -0.1) is 0 Å². The van der Waals surface area contributed by atoms with Crippen molar-refractivity contribution in [3.63, 3.8) is 0 Å². The molecule has 0 radical (unpaired) electrons. The molecule has 0 aromatic heterocycles. The van der Waals surface area contributed by atoms with Gasteiger partial charge >= 0.3 is 5.97 Å². The number of aliphatic hydroxyl groups excluding tert-OH is 1. The Kier molecular flexibility index (Phi) is 10.0. The van der Waals surface area contributed by atoms with E-state index < -0.39 is 24.3 Å². The molecule has 0 spiro atoms. The summed E-state index contributed by atoms with van der Waals surface area (Å²) in [4.78, 5) is 51.4. The molecule has 1 aliphatic carbocycles. The summed E-state index contributed by atoms with van der Waals surface area (Å²) in [5.41, 5.74) is 2.61. The second-order valence-electron chi connectivity index (χ2n) is 9.77. The Hall–Kier alpha value is -4.32. The van der Waals surface area contributed by atoms with Gasteiger partial charge in [0.1, 0.15) is 25.1 Å². The van der Waals surface area contributed by atoms with Gasteiger partial charge in [0, 0.05) is 50.8 Å². The standard InChI is InChI=1S/C30H33N3O8/c1-33(2)26(35)11-8-19-6-9-21(10-7-19)30(38)41-25-16-23(15-24-27(25)40-18-39-24)29(37)32-17-20-4-3-5-22(14-20)28(36)31-12-13-34/h3-11,14-15,24-25,27,34H,12-13,16-18H2,1-2H3,(H,31,36)(H,32,37)/t24-,25-,27-/m1/s1. The highest BCUT2D eigenvalue weighted by Gasteiger charge is 2.42. The second-order valence-corrected chi connectivity index (χ2v) is 9.77. The summed E-state index contributed by atoms with van der Waals surface area (Å²) in [6.45, 7) is 0.185. The predicted molar refractivity (Wildman–Crippen MR) is 148 cm³/mol. The molecular weight excluding hydrogens is 530 g/mol. The maximum absolute atomic E-state index is 13.1. The molecule has 0 bridgehead atoms. The lowest BCUT2D eigenvalue weighted by Gasteiger charge is -2.30. The quantitative estimate of drug-likeness (QED) is 0.291. The number of likely N-dealkylation sites (N-methyl/N-ethyl adjacent to an activating group) is 1. The van der Waals surface area contributed by atoms with Crippen molar-refractivity contribution in [3.8, 4) is 0 Å². The summed E-state index contributed by atoms with van der Waals surface area (Å²) in [5, 5.41) is 14.3. The summed E-state index contributed by atoms with van der Waals surface area (Å²) in [6, 6.07) is 13.4. The fraction of sp³-hybridized carbons (Fsp3) is 0.333. The molecule has 3 amide bonds. The van der Waals surface area contributed by atoms with Crippen molar-refractivity contribution in [3.05, 3.63) is 88.5 Å². The first-order valence-electron chi connectivity index (χ1n) is 13.2. The molecule has 216 valence electrons. The van der Waals surface area contributed by atoms with Crippen LogP contribution < -0.4 is 10.6 Å². The summed E-state index contributed by atoms with van der Waals surface area (Å²) in [7, 11) is 3.32. The van der Waals surface area contributed by atoms with Crippen molar-refractivity contribution in [1.82, 2.24) is 15.5 Å². The number of hydrogen-bond acceptors (Lipinski definition) is 8. The van der Waals surface area contributed by atoms with E-state index in [0.29, 0.717) is 16.7 Å². The molecule has 0 saturated carbocycles. The maximum atomic E-state index is 13.1. The van der Waals surface area contributed by atoms with Crippen molar-refractivity contribution >= 4 is 29.8 Å². The number of rotatable bonds is 10.